The van der Waals surface area contributed by atoms with Crippen molar-refractivity contribution in [3.8, 4) is 11.8 Å². The fourth-order valence-electron chi connectivity index (χ4n) is 3.23. The van der Waals surface area contributed by atoms with E-state index in [9.17, 15) is 4.39 Å². The summed E-state index contributed by atoms with van der Waals surface area (Å²) in [5.41, 5.74) is 0.388. The van der Waals surface area contributed by atoms with Crippen molar-refractivity contribution in [1.29, 1.82) is 5.26 Å². The molecular weight excluding hydrogens is 285 g/mol. The van der Waals surface area contributed by atoms with Crippen molar-refractivity contribution in [1.82, 2.24) is 9.80 Å². The molecule has 2 aliphatic heterocycles. The molecular formula is C16H20FN3O2. The number of piperazine rings is 1. The highest BCUT2D eigenvalue weighted by Gasteiger charge is 2.34. The number of hydrogen-bond acceptors (Lipinski definition) is 5. The average Bonchev–Trinajstić information content (AvgIpc) is 2.54. The maximum atomic E-state index is 14.6. The third kappa shape index (κ3) is 2.68. The highest BCUT2D eigenvalue weighted by atomic mass is 19.1. The van der Waals surface area contributed by atoms with Crippen LogP contribution in [0.4, 0.5) is 4.39 Å². The number of fused-ring (bicyclic) bond motifs is 1. The Hall–Kier alpha value is -1.68. The molecule has 2 aliphatic rings. The fraction of sp³-hybridized carbons (Fsp3) is 0.562. The van der Waals surface area contributed by atoms with Gasteiger partial charge in [0.2, 0.25) is 0 Å². The van der Waals surface area contributed by atoms with Crippen LogP contribution >= 0.6 is 0 Å². The second-order valence-electron chi connectivity index (χ2n) is 5.89. The molecule has 5 nitrogen and oxygen atoms in total. The first-order valence-electron chi connectivity index (χ1n) is 7.44. The van der Waals surface area contributed by atoms with E-state index in [-0.39, 0.29) is 17.4 Å². The molecule has 1 aromatic carbocycles. The zero-order chi connectivity index (χ0) is 15.7. The first-order valence-corrected chi connectivity index (χ1v) is 7.44. The predicted molar refractivity (Wildman–Crippen MR) is 79.2 cm³/mol. The van der Waals surface area contributed by atoms with Gasteiger partial charge in [-0.2, -0.15) is 5.26 Å². The van der Waals surface area contributed by atoms with E-state index in [1.165, 1.54) is 7.11 Å². The van der Waals surface area contributed by atoms with Gasteiger partial charge in [-0.05, 0) is 19.2 Å². The van der Waals surface area contributed by atoms with Crippen molar-refractivity contribution in [2.45, 2.75) is 12.1 Å². The zero-order valence-corrected chi connectivity index (χ0v) is 12.9. The van der Waals surface area contributed by atoms with Crippen molar-refractivity contribution in [2.75, 3.05) is 46.9 Å². The van der Waals surface area contributed by atoms with Crippen LogP contribution < -0.4 is 4.74 Å². The Morgan fingerprint density at radius 1 is 1.36 bits per heavy atom. The number of likely N-dealkylation sites (N-methyl/N-ethyl adjacent to an activating group) is 1. The summed E-state index contributed by atoms with van der Waals surface area (Å²) < 4.78 is 25.5. The summed E-state index contributed by atoms with van der Waals surface area (Å²) in [4.78, 5) is 4.64. The molecule has 2 unspecified atom stereocenters. The minimum absolute atomic E-state index is 0.0518. The Morgan fingerprint density at radius 3 is 2.91 bits per heavy atom. The number of rotatable bonds is 2. The number of halogens is 1. The van der Waals surface area contributed by atoms with Gasteiger partial charge in [0.1, 0.15) is 17.4 Å². The third-order valence-corrected chi connectivity index (χ3v) is 4.51. The van der Waals surface area contributed by atoms with Gasteiger partial charge in [-0.1, -0.05) is 0 Å². The lowest BCUT2D eigenvalue weighted by Crippen LogP contribution is -2.57. The second kappa shape index (κ2) is 6.21. The van der Waals surface area contributed by atoms with Crippen molar-refractivity contribution < 1.29 is 13.9 Å². The van der Waals surface area contributed by atoms with Crippen LogP contribution in [0, 0.1) is 17.1 Å². The number of nitrogens with zero attached hydrogens (tertiary/aromatic N) is 3. The summed E-state index contributed by atoms with van der Waals surface area (Å²) >= 11 is 0. The summed E-state index contributed by atoms with van der Waals surface area (Å²) in [6, 6.07) is 5.55. The van der Waals surface area contributed by atoms with E-state index < -0.39 is 5.82 Å². The van der Waals surface area contributed by atoms with E-state index in [4.69, 9.17) is 14.7 Å². The molecule has 0 saturated carbocycles. The van der Waals surface area contributed by atoms with Crippen molar-refractivity contribution in [3.63, 3.8) is 0 Å². The van der Waals surface area contributed by atoms with Gasteiger partial charge in [0.15, 0.2) is 5.82 Å². The minimum Gasteiger partial charge on any atom is -0.495 e. The van der Waals surface area contributed by atoms with Gasteiger partial charge in [-0.25, -0.2) is 4.39 Å². The number of hydrogen-bond donors (Lipinski definition) is 0. The Kier molecular flexibility index (Phi) is 4.30. The van der Waals surface area contributed by atoms with E-state index in [1.54, 1.807) is 12.1 Å². The molecule has 0 radical (unpaired) electrons. The van der Waals surface area contributed by atoms with Crippen LogP contribution in [0.2, 0.25) is 0 Å². The summed E-state index contributed by atoms with van der Waals surface area (Å²) in [6.07, 6.45) is -0.335. The van der Waals surface area contributed by atoms with E-state index in [0.29, 0.717) is 24.8 Å². The van der Waals surface area contributed by atoms with Crippen LogP contribution in [-0.4, -0.2) is 62.8 Å². The summed E-state index contributed by atoms with van der Waals surface area (Å²) in [5.74, 6) is -0.267. The molecule has 0 aromatic heterocycles. The molecule has 0 N–H and O–H groups in total. The van der Waals surface area contributed by atoms with E-state index in [2.05, 4.69) is 16.8 Å². The maximum Gasteiger partial charge on any atom is 0.150 e. The fourth-order valence-corrected chi connectivity index (χ4v) is 3.23. The quantitative estimate of drug-likeness (QED) is 0.826. The monoisotopic (exact) mass is 305 g/mol. The first-order chi connectivity index (χ1) is 10.6. The van der Waals surface area contributed by atoms with Gasteiger partial charge in [-0.15, -0.1) is 0 Å². The highest BCUT2D eigenvalue weighted by Crippen LogP contribution is 2.32. The predicted octanol–water partition coefficient (Wildman–Crippen LogP) is 1.39. The average molecular weight is 305 g/mol. The van der Waals surface area contributed by atoms with Crippen LogP contribution in [0.25, 0.3) is 0 Å². The largest absolute Gasteiger partial charge is 0.495 e. The van der Waals surface area contributed by atoms with Gasteiger partial charge in [0.05, 0.1) is 19.8 Å². The van der Waals surface area contributed by atoms with Crippen LogP contribution in [0.15, 0.2) is 12.1 Å². The van der Waals surface area contributed by atoms with Crippen molar-refractivity contribution >= 4 is 0 Å². The molecule has 0 amide bonds. The van der Waals surface area contributed by atoms with Crippen molar-refractivity contribution in [2.24, 2.45) is 0 Å². The zero-order valence-electron chi connectivity index (χ0n) is 12.9. The molecule has 2 heterocycles. The molecule has 118 valence electrons. The Balaban J connectivity index is 1.82. The highest BCUT2D eigenvalue weighted by molar-refractivity contribution is 5.47. The first kappa shape index (κ1) is 15.2. The van der Waals surface area contributed by atoms with Gasteiger partial charge >= 0.3 is 0 Å². The molecule has 0 spiro atoms. The molecule has 3 rings (SSSR count). The lowest BCUT2D eigenvalue weighted by molar-refractivity contribution is -0.0883. The molecule has 0 aliphatic carbocycles. The number of nitriles is 1. The lowest BCUT2D eigenvalue weighted by atomic mass is 10.0. The Morgan fingerprint density at radius 2 is 2.18 bits per heavy atom. The van der Waals surface area contributed by atoms with Gasteiger partial charge in [0.25, 0.3) is 0 Å². The molecule has 2 fully saturated rings. The molecule has 0 bridgehead atoms. The maximum absolute atomic E-state index is 14.6. The number of benzene rings is 1. The van der Waals surface area contributed by atoms with Crippen LogP contribution in [0.1, 0.15) is 17.2 Å². The second-order valence-corrected chi connectivity index (χ2v) is 5.89. The summed E-state index contributed by atoms with van der Waals surface area (Å²) in [7, 11) is 3.53. The molecule has 6 heteroatoms. The molecule has 22 heavy (non-hydrogen) atoms. The smallest absolute Gasteiger partial charge is 0.150 e. The SMILES string of the molecule is COc1ccc(C2CN3CCN(C)CC3CO2)c(F)c1C#N. The number of methoxy groups -OCH3 is 1. The van der Waals surface area contributed by atoms with E-state index >= 15 is 0 Å². The van der Waals surface area contributed by atoms with Crippen LogP contribution in [-0.2, 0) is 4.74 Å². The number of morpholine rings is 1. The van der Waals surface area contributed by atoms with E-state index in [0.717, 1.165) is 19.6 Å². The molecule has 2 saturated heterocycles. The normalized spacial score (nSPS) is 26.3. The number of ether oxygens (including phenoxy) is 2. The van der Waals surface area contributed by atoms with Gasteiger partial charge in [0, 0.05) is 37.8 Å². The molecule has 1 aromatic rings. The summed E-state index contributed by atoms with van der Waals surface area (Å²) in [6.45, 7) is 4.19. The molecule has 2 atom stereocenters. The minimum atomic E-state index is -0.528. The van der Waals surface area contributed by atoms with Crippen LogP contribution in [0.5, 0.6) is 5.75 Å². The summed E-state index contributed by atoms with van der Waals surface area (Å²) in [5, 5.41) is 9.14. The van der Waals surface area contributed by atoms with Gasteiger partial charge in [-0.3, -0.25) is 4.90 Å². The standard InChI is InChI=1S/C16H20FN3O2/c1-19-5-6-20-9-15(22-10-11(20)8-19)12-3-4-14(21-2)13(7-18)16(12)17/h3-4,11,15H,5-6,8-10H2,1-2H3. The Bertz CT molecular complexity index is 602. The van der Waals surface area contributed by atoms with E-state index in [1.807, 2.05) is 6.07 Å². The Labute approximate surface area is 129 Å². The third-order valence-electron chi connectivity index (χ3n) is 4.51. The van der Waals surface area contributed by atoms with Gasteiger partial charge < -0.3 is 14.4 Å². The van der Waals surface area contributed by atoms with Crippen molar-refractivity contribution in [3.05, 3.63) is 29.1 Å². The topological polar surface area (TPSA) is 48.7 Å². The lowest BCUT2D eigenvalue weighted by Gasteiger charge is -2.45. The van der Waals surface area contributed by atoms with Crippen LogP contribution in [0.3, 0.4) is 0 Å².